The number of amides is 1. The quantitative estimate of drug-likeness (QED) is 0.387. The molecule has 1 aromatic carbocycles. The van der Waals surface area contributed by atoms with Crippen molar-refractivity contribution in [1.29, 1.82) is 0 Å². The molecule has 0 fully saturated rings. The van der Waals surface area contributed by atoms with Crippen LogP contribution in [0.4, 0.5) is 0 Å². The van der Waals surface area contributed by atoms with Gasteiger partial charge in [-0.2, -0.15) is 0 Å². The Morgan fingerprint density at radius 1 is 1.27 bits per heavy atom. The van der Waals surface area contributed by atoms with Crippen LogP contribution in [-0.4, -0.2) is 54.3 Å². The van der Waals surface area contributed by atoms with Gasteiger partial charge in [-0.25, -0.2) is 13.2 Å². The number of benzene rings is 1. The maximum Gasteiger partial charge on any atom is 0.414 e. The van der Waals surface area contributed by atoms with Gasteiger partial charge in [-0.3, -0.25) is 14.2 Å². The molecule has 0 saturated heterocycles. The molecule has 0 saturated carbocycles. The number of carboxylic acid groups (broad SMARTS) is 2. The molecule has 0 spiro atoms. The fourth-order valence-electron chi connectivity index (χ4n) is 2.14. The topological polar surface area (TPSA) is 200 Å². The molecule has 13 nitrogen and oxygen atoms in total. The molecular weight excluding hydrogens is 450 g/mol. The average molecular weight is 464 g/mol. The first-order chi connectivity index (χ1) is 14.0. The highest BCUT2D eigenvalue weighted by Gasteiger charge is 2.36. The minimum Gasteiger partial charge on any atom is -0.481 e. The predicted molar refractivity (Wildman–Crippen MR) is 94.3 cm³/mol. The Labute approximate surface area is 173 Å². The second kappa shape index (κ2) is 9.41. The van der Waals surface area contributed by atoms with E-state index < -0.39 is 64.1 Å². The zero-order valence-corrected chi connectivity index (χ0v) is 16.4. The lowest BCUT2D eigenvalue weighted by Crippen LogP contribution is -2.42. The number of carbonyl (C=O) groups is 3. The number of aromatic nitrogens is 2. The minimum absolute atomic E-state index is 0.263. The monoisotopic (exact) mass is 463 g/mol. The summed E-state index contributed by atoms with van der Waals surface area (Å²) in [5.41, 5.74) is 0. The van der Waals surface area contributed by atoms with Crippen LogP contribution >= 0.6 is 11.6 Å². The Morgan fingerprint density at radius 2 is 1.90 bits per heavy atom. The number of sulfone groups is 1. The summed E-state index contributed by atoms with van der Waals surface area (Å²) in [4.78, 5) is 32.7. The zero-order chi connectivity index (χ0) is 22.5. The Bertz CT molecular complexity index is 1050. The summed E-state index contributed by atoms with van der Waals surface area (Å²) >= 11 is 5.71. The van der Waals surface area contributed by atoms with Gasteiger partial charge in [0.25, 0.3) is 9.84 Å². The third-order valence-corrected chi connectivity index (χ3v) is 5.48. The number of nitrogens with zero attached hydrogens (tertiary/aromatic N) is 2. The van der Waals surface area contributed by atoms with Crippen molar-refractivity contribution in [3.63, 3.8) is 0 Å². The summed E-state index contributed by atoms with van der Waals surface area (Å²) < 4.78 is 34.5. The second-order valence-corrected chi connectivity index (χ2v) is 7.95. The lowest BCUT2D eigenvalue weighted by molar-refractivity contribution is -0.832. The van der Waals surface area contributed by atoms with Crippen LogP contribution in [-0.2, 0) is 24.2 Å². The maximum atomic E-state index is 12.6. The molecule has 15 heteroatoms. The van der Waals surface area contributed by atoms with E-state index in [4.69, 9.17) is 26.6 Å². The van der Waals surface area contributed by atoms with Crippen LogP contribution in [0.2, 0.25) is 5.02 Å². The molecule has 30 heavy (non-hydrogen) atoms. The molecule has 3 N–H and O–H groups in total. The van der Waals surface area contributed by atoms with E-state index in [1.807, 2.05) is 5.32 Å². The Hall–Kier alpha value is -3.39. The molecule has 162 valence electrons. The number of ether oxygens (including phenoxy) is 1. The Balaban J connectivity index is 2.07. The number of hydrogen-bond acceptors (Lipinski definition) is 9. The van der Waals surface area contributed by atoms with Crippen LogP contribution in [0.15, 0.2) is 38.8 Å². The van der Waals surface area contributed by atoms with Crippen molar-refractivity contribution in [3.8, 4) is 5.88 Å². The largest absolute Gasteiger partial charge is 0.481 e. The summed E-state index contributed by atoms with van der Waals surface area (Å²) in [5.74, 6) is -4.58. The predicted octanol–water partition coefficient (Wildman–Crippen LogP) is -0.393. The molecule has 1 aromatic heterocycles. The van der Waals surface area contributed by atoms with E-state index in [0.717, 1.165) is 12.1 Å². The first-order valence-electron chi connectivity index (χ1n) is 7.99. The molecule has 1 atom stereocenters. The molecule has 1 amide bonds. The lowest BCUT2D eigenvalue weighted by Gasteiger charge is -2.12. The molecule has 1 unspecified atom stereocenters. The maximum absolute atomic E-state index is 12.6. The van der Waals surface area contributed by atoms with Crippen LogP contribution in [0, 0.1) is 5.21 Å². The van der Waals surface area contributed by atoms with Gasteiger partial charge in [-0.1, -0.05) is 11.6 Å². The molecule has 0 aliphatic carbocycles. The molecule has 0 bridgehead atoms. The van der Waals surface area contributed by atoms with Gasteiger partial charge in [0.1, 0.15) is 12.6 Å². The van der Waals surface area contributed by atoms with E-state index >= 15 is 0 Å². The average Bonchev–Trinajstić information content (AvgIpc) is 3.02. The van der Waals surface area contributed by atoms with Gasteiger partial charge < -0.3 is 25.5 Å². The Kier molecular flexibility index (Phi) is 7.18. The van der Waals surface area contributed by atoms with Crippen LogP contribution < -0.4 is 15.0 Å². The number of carbonyl (C=O) groups excluding carboxylic acids is 1. The van der Waals surface area contributed by atoms with E-state index in [-0.39, 0.29) is 14.8 Å². The molecular formula is C15H14ClN3O10S. The van der Waals surface area contributed by atoms with Gasteiger partial charge in [-0.15, -0.1) is 0 Å². The van der Waals surface area contributed by atoms with Crippen molar-refractivity contribution in [2.24, 2.45) is 0 Å². The number of carboxylic acids is 2. The SMILES string of the molecule is O=C(O)CC(NC(=O)CCOc1no[n+]([O-])c1S(=O)(=O)c1ccc(Cl)cc1)C(=O)O. The third-order valence-electron chi connectivity index (χ3n) is 3.51. The fourth-order valence-corrected chi connectivity index (χ4v) is 3.54. The van der Waals surface area contributed by atoms with Crippen LogP contribution in [0.3, 0.4) is 0 Å². The van der Waals surface area contributed by atoms with Crippen molar-refractivity contribution in [2.75, 3.05) is 6.61 Å². The second-order valence-electron chi connectivity index (χ2n) is 5.65. The summed E-state index contributed by atoms with van der Waals surface area (Å²) in [6, 6.07) is 3.22. The van der Waals surface area contributed by atoms with Gasteiger partial charge in [0.2, 0.25) is 5.91 Å². The van der Waals surface area contributed by atoms with E-state index in [1.165, 1.54) is 12.1 Å². The highest BCUT2D eigenvalue weighted by Crippen LogP contribution is 2.26. The minimum atomic E-state index is -4.40. The number of aliphatic carboxylic acids is 2. The standard InChI is InChI=1S/C15H14ClN3O10S/c16-8-1-3-9(4-2-8)30(26,27)14-13(18-29-19(14)25)28-6-5-11(20)17-10(15(23)24)7-12(21)22/h1-4,10H,5-7H2,(H,17,20)(H,21,22)(H,23,24). The summed E-state index contributed by atoms with van der Waals surface area (Å²) in [6.45, 7) is -0.513. The number of halogens is 1. The zero-order valence-electron chi connectivity index (χ0n) is 14.8. The first kappa shape index (κ1) is 22.9. The third kappa shape index (κ3) is 5.57. The van der Waals surface area contributed by atoms with E-state index in [2.05, 4.69) is 9.79 Å². The normalized spacial score (nSPS) is 12.2. The summed E-state index contributed by atoms with van der Waals surface area (Å²) in [6.07, 6.45) is -1.33. The molecule has 1 heterocycles. The molecule has 2 rings (SSSR count). The van der Waals surface area contributed by atoms with E-state index in [1.54, 1.807) is 0 Å². The van der Waals surface area contributed by atoms with Gasteiger partial charge in [0.05, 0.1) is 22.9 Å². The Morgan fingerprint density at radius 3 is 2.47 bits per heavy atom. The highest BCUT2D eigenvalue weighted by molar-refractivity contribution is 7.91. The van der Waals surface area contributed by atoms with Crippen molar-refractivity contribution >= 4 is 39.3 Å². The fraction of sp³-hybridized carbons (Fsp3) is 0.267. The summed E-state index contributed by atoms with van der Waals surface area (Å²) in [7, 11) is -4.40. The van der Waals surface area contributed by atoms with Crippen molar-refractivity contribution in [2.45, 2.75) is 28.8 Å². The molecule has 0 aliphatic heterocycles. The van der Waals surface area contributed by atoms with Gasteiger partial charge >= 0.3 is 22.8 Å². The highest BCUT2D eigenvalue weighted by atomic mass is 35.5. The van der Waals surface area contributed by atoms with E-state index in [0.29, 0.717) is 0 Å². The van der Waals surface area contributed by atoms with Crippen molar-refractivity contribution in [3.05, 3.63) is 34.5 Å². The first-order valence-corrected chi connectivity index (χ1v) is 9.85. The molecule has 0 aliphatic rings. The number of rotatable bonds is 10. The van der Waals surface area contributed by atoms with Gasteiger partial charge in [-0.05, 0) is 29.2 Å². The van der Waals surface area contributed by atoms with E-state index in [9.17, 15) is 28.0 Å². The van der Waals surface area contributed by atoms with Crippen LogP contribution in [0.25, 0.3) is 0 Å². The van der Waals surface area contributed by atoms with Gasteiger partial charge in [0, 0.05) is 5.02 Å². The van der Waals surface area contributed by atoms with Crippen LogP contribution in [0.5, 0.6) is 5.88 Å². The lowest BCUT2D eigenvalue weighted by atomic mass is 10.2. The smallest absolute Gasteiger partial charge is 0.414 e. The van der Waals surface area contributed by atoms with Crippen molar-refractivity contribution < 1.29 is 47.3 Å². The number of nitrogens with one attached hydrogen (secondary N) is 1. The molecule has 0 radical (unpaired) electrons. The molecule has 2 aromatic rings. The number of hydrogen-bond donors (Lipinski definition) is 3. The van der Waals surface area contributed by atoms with Gasteiger partial charge in [0.15, 0.2) is 0 Å². The van der Waals surface area contributed by atoms with Crippen LogP contribution in [0.1, 0.15) is 12.8 Å². The summed E-state index contributed by atoms with van der Waals surface area (Å²) in [5, 5.41) is 33.7. The van der Waals surface area contributed by atoms with Crippen molar-refractivity contribution in [1.82, 2.24) is 10.5 Å².